The Balaban J connectivity index is 1.51. The first kappa shape index (κ1) is 18.4. The number of aromatic carboxylic acids is 1. The Kier molecular flexibility index (Phi) is 4.77. The highest BCUT2D eigenvalue weighted by Crippen LogP contribution is 2.34. The van der Waals surface area contributed by atoms with Crippen LogP contribution in [-0.4, -0.2) is 39.3 Å². The summed E-state index contributed by atoms with van der Waals surface area (Å²) in [6.45, 7) is 6.38. The molecule has 0 amide bonds. The number of hydrogen-bond acceptors (Lipinski definition) is 6. The maximum Gasteiger partial charge on any atom is 0.336 e. The molecule has 0 unspecified atom stereocenters. The highest BCUT2D eigenvalue weighted by atomic mass is 16.4. The van der Waals surface area contributed by atoms with Gasteiger partial charge in [-0.3, -0.25) is 4.90 Å². The average molecular weight is 381 g/mol. The van der Waals surface area contributed by atoms with Crippen molar-refractivity contribution in [2.24, 2.45) is 0 Å². The summed E-state index contributed by atoms with van der Waals surface area (Å²) in [5.41, 5.74) is 0.650. The second-order valence-corrected chi connectivity index (χ2v) is 7.62. The van der Waals surface area contributed by atoms with E-state index in [0.29, 0.717) is 29.6 Å². The predicted octanol–water partition coefficient (Wildman–Crippen LogP) is 3.89. The molecule has 1 aliphatic rings. The van der Waals surface area contributed by atoms with Crippen molar-refractivity contribution >= 4 is 5.97 Å². The summed E-state index contributed by atoms with van der Waals surface area (Å²) in [6.07, 6.45) is 2.04. The van der Waals surface area contributed by atoms with Crippen LogP contribution in [0.1, 0.15) is 47.7 Å². The van der Waals surface area contributed by atoms with Gasteiger partial charge in [-0.25, -0.2) is 4.79 Å². The van der Waals surface area contributed by atoms with Crippen molar-refractivity contribution < 1.29 is 18.7 Å². The Morgan fingerprint density at radius 3 is 2.79 bits per heavy atom. The van der Waals surface area contributed by atoms with Crippen molar-refractivity contribution in [2.75, 3.05) is 13.1 Å². The molecule has 28 heavy (non-hydrogen) atoms. The standard InChI is InChI=1S/C21H23N3O4/c1-14-22-23-20(27-14)21(2)10-5-11-24(13-21)12-15-8-9-18(28-15)16-6-3-4-7-17(16)19(25)26/h3-4,6-9H,5,10-13H2,1-2H3,(H,25,26)/t21-/m1/s1. The zero-order chi connectivity index (χ0) is 19.7. The number of carbonyl (C=O) groups is 1. The van der Waals surface area contributed by atoms with Gasteiger partial charge in [-0.05, 0) is 44.5 Å². The summed E-state index contributed by atoms with van der Waals surface area (Å²) < 4.78 is 11.7. The predicted molar refractivity (Wildman–Crippen MR) is 102 cm³/mol. The summed E-state index contributed by atoms with van der Waals surface area (Å²) in [6, 6.07) is 10.6. The fraction of sp³-hybridized carbons (Fsp3) is 0.381. The van der Waals surface area contributed by atoms with Gasteiger partial charge >= 0.3 is 5.97 Å². The van der Waals surface area contributed by atoms with Gasteiger partial charge in [0.15, 0.2) is 0 Å². The molecule has 0 aliphatic carbocycles. The monoisotopic (exact) mass is 381 g/mol. The van der Waals surface area contributed by atoms with E-state index >= 15 is 0 Å². The van der Waals surface area contributed by atoms with Gasteiger partial charge in [0.25, 0.3) is 0 Å². The maximum atomic E-state index is 11.5. The third-order valence-electron chi connectivity index (χ3n) is 5.28. The lowest BCUT2D eigenvalue weighted by Gasteiger charge is -2.37. The first-order valence-corrected chi connectivity index (χ1v) is 9.39. The Labute approximate surface area is 163 Å². The number of carboxylic acids is 1. The summed E-state index contributed by atoms with van der Waals surface area (Å²) in [5, 5.41) is 17.6. The topological polar surface area (TPSA) is 92.6 Å². The summed E-state index contributed by atoms with van der Waals surface area (Å²) in [4.78, 5) is 13.8. The molecule has 0 spiro atoms. The summed E-state index contributed by atoms with van der Waals surface area (Å²) >= 11 is 0. The van der Waals surface area contributed by atoms with Crippen LogP contribution in [0.4, 0.5) is 0 Å². The number of rotatable bonds is 5. The van der Waals surface area contributed by atoms with Crippen LogP contribution < -0.4 is 0 Å². The number of hydrogen-bond donors (Lipinski definition) is 1. The Bertz CT molecular complexity index is 993. The van der Waals surface area contributed by atoms with Gasteiger partial charge in [-0.2, -0.15) is 0 Å². The molecule has 1 atom stereocenters. The molecule has 1 fully saturated rings. The lowest BCUT2D eigenvalue weighted by atomic mass is 9.81. The molecule has 0 radical (unpaired) electrons. The molecule has 1 saturated heterocycles. The van der Waals surface area contributed by atoms with E-state index in [0.717, 1.165) is 31.7 Å². The number of aromatic nitrogens is 2. The Morgan fingerprint density at radius 2 is 2.04 bits per heavy atom. The first-order valence-electron chi connectivity index (χ1n) is 9.39. The van der Waals surface area contributed by atoms with Crippen LogP contribution in [-0.2, 0) is 12.0 Å². The van der Waals surface area contributed by atoms with E-state index < -0.39 is 5.97 Å². The molecule has 4 rings (SSSR count). The van der Waals surface area contributed by atoms with Crippen LogP contribution in [0.25, 0.3) is 11.3 Å². The molecule has 146 valence electrons. The number of furan rings is 1. The lowest BCUT2D eigenvalue weighted by molar-refractivity contribution is 0.0697. The van der Waals surface area contributed by atoms with Crippen molar-refractivity contribution in [1.82, 2.24) is 15.1 Å². The van der Waals surface area contributed by atoms with Gasteiger partial charge in [0, 0.05) is 19.0 Å². The van der Waals surface area contributed by atoms with Crippen molar-refractivity contribution in [3.8, 4) is 11.3 Å². The lowest BCUT2D eigenvalue weighted by Crippen LogP contribution is -2.44. The van der Waals surface area contributed by atoms with E-state index in [-0.39, 0.29) is 11.0 Å². The molecule has 1 aromatic carbocycles. The zero-order valence-corrected chi connectivity index (χ0v) is 16.0. The fourth-order valence-electron chi connectivity index (χ4n) is 3.91. The smallest absolute Gasteiger partial charge is 0.336 e. The van der Waals surface area contributed by atoms with Crippen LogP contribution in [0.2, 0.25) is 0 Å². The van der Waals surface area contributed by atoms with E-state index in [1.807, 2.05) is 18.2 Å². The van der Waals surface area contributed by atoms with Crippen LogP contribution in [0.15, 0.2) is 45.2 Å². The highest BCUT2D eigenvalue weighted by molar-refractivity contribution is 5.95. The molecule has 7 nitrogen and oxygen atoms in total. The fourth-order valence-corrected chi connectivity index (χ4v) is 3.91. The molecule has 7 heteroatoms. The summed E-state index contributed by atoms with van der Waals surface area (Å²) in [7, 11) is 0. The normalized spacial score (nSPS) is 20.4. The number of carboxylic acid groups (broad SMARTS) is 1. The third kappa shape index (κ3) is 3.57. The molecule has 3 heterocycles. The van der Waals surface area contributed by atoms with Crippen LogP contribution in [0.5, 0.6) is 0 Å². The quantitative estimate of drug-likeness (QED) is 0.717. The van der Waals surface area contributed by atoms with Gasteiger partial charge in [-0.15, -0.1) is 10.2 Å². The molecule has 3 aromatic rings. The number of aryl methyl sites for hydroxylation is 1. The minimum absolute atomic E-state index is 0.176. The molecular weight excluding hydrogens is 358 g/mol. The number of nitrogens with zero attached hydrogens (tertiary/aromatic N) is 3. The van der Waals surface area contributed by atoms with Crippen LogP contribution in [0, 0.1) is 6.92 Å². The zero-order valence-electron chi connectivity index (χ0n) is 16.0. The molecule has 0 saturated carbocycles. The Morgan fingerprint density at radius 1 is 1.21 bits per heavy atom. The SMILES string of the molecule is Cc1nnc([C@]2(C)CCCN(Cc3ccc(-c4ccccc4C(=O)O)o3)C2)o1. The first-order chi connectivity index (χ1) is 13.4. The molecule has 2 aromatic heterocycles. The largest absolute Gasteiger partial charge is 0.478 e. The molecular formula is C21H23N3O4. The molecule has 1 N–H and O–H groups in total. The summed E-state index contributed by atoms with van der Waals surface area (Å²) in [5.74, 6) is 1.68. The number of benzene rings is 1. The molecule has 0 bridgehead atoms. The van der Waals surface area contributed by atoms with Gasteiger partial charge < -0.3 is 13.9 Å². The minimum atomic E-state index is -0.963. The van der Waals surface area contributed by atoms with Crippen molar-refractivity contribution in [3.63, 3.8) is 0 Å². The van der Waals surface area contributed by atoms with Gasteiger partial charge in [0.2, 0.25) is 11.8 Å². The van der Waals surface area contributed by atoms with E-state index in [1.54, 1.807) is 25.1 Å². The van der Waals surface area contributed by atoms with Gasteiger partial charge in [0.1, 0.15) is 11.5 Å². The van der Waals surface area contributed by atoms with Gasteiger partial charge in [0.05, 0.1) is 17.5 Å². The average Bonchev–Trinajstić information content (AvgIpc) is 3.31. The van der Waals surface area contributed by atoms with E-state index in [1.165, 1.54) is 0 Å². The maximum absolute atomic E-state index is 11.5. The van der Waals surface area contributed by atoms with Crippen LogP contribution >= 0.6 is 0 Å². The van der Waals surface area contributed by atoms with Crippen molar-refractivity contribution in [1.29, 1.82) is 0 Å². The van der Waals surface area contributed by atoms with Crippen molar-refractivity contribution in [2.45, 2.75) is 38.6 Å². The van der Waals surface area contributed by atoms with Crippen LogP contribution in [0.3, 0.4) is 0 Å². The minimum Gasteiger partial charge on any atom is -0.478 e. The second-order valence-electron chi connectivity index (χ2n) is 7.62. The molecule has 1 aliphatic heterocycles. The number of piperidine rings is 1. The van der Waals surface area contributed by atoms with Gasteiger partial charge in [-0.1, -0.05) is 18.2 Å². The highest BCUT2D eigenvalue weighted by Gasteiger charge is 2.37. The van der Waals surface area contributed by atoms with E-state index in [9.17, 15) is 9.90 Å². The van der Waals surface area contributed by atoms with E-state index in [2.05, 4.69) is 22.0 Å². The number of likely N-dealkylation sites (tertiary alicyclic amines) is 1. The van der Waals surface area contributed by atoms with E-state index in [4.69, 9.17) is 8.83 Å². The Hall–Kier alpha value is -2.93. The van der Waals surface area contributed by atoms with Crippen molar-refractivity contribution in [3.05, 3.63) is 59.5 Å². The third-order valence-corrected chi connectivity index (χ3v) is 5.28. The second kappa shape index (κ2) is 7.24.